The molecule has 2 heteroatoms. The lowest BCUT2D eigenvalue weighted by atomic mass is 10.0. The predicted molar refractivity (Wildman–Crippen MR) is 53.2 cm³/mol. The molecule has 0 rings (SSSR count). The lowest BCUT2D eigenvalue weighted by Gasteiger charge is -2.15. The summed E-state index contributed by atoms with van der Waals surface area (Å²) in [6.45, 7) is 10.5. The molecule has 0 fully saturated rings. The molecule has 0 aliphatic carbocycles. The second-order valence-corrected chi connectivity index (χ2v) is 4.24. The van der Waals surface area contributed by atoms with Gasteiger partial charge in [-0.15, -0.1) is 0 Å². The summed E-state index contributed by atoms with van der Waals surface area (Å²) >= 11 is 0. The third kappa shape index (κ3) is 8.02. The zero-order chi connectivity index (χ0) is 9.56. The molecule has 2 N–H and O–H groups in total. The molecule has 74 valence electrons. The number of aliphatic hydroxyl groups excluding tert-OH is 1. The molecule has 0 spiro atoms. The standard InChI is InChI=1S/C10H23NO/c1-8(2)6-11-7-9(3)5-10(4)12/h8-12H,5-7H2,1-4H3. The highest BCUT2D eigenvalue weighted by atomic mass is 16.3. The molecule has 0 bridgehead atoms. The average molecular weight is 173 g/mol. The molecule has 0 radical (unpaired) electrons. The summed E-state index contributed by atoms with van der Waals surface area (Å²) in [5.74, 6) is 1.28. The largest absolute Gasteiger partial charge is 0.393 e. The van der Waals surface area contributed by atoms with E-state index in [0.717, 1.165) is 19.5 Å². The summed E-state index contributed by atoms with van der Waals surface area (Å²) in [4.78, 5) is 0. The fourth-order valence-corrected chi connectivity index (χ4v) is 1.28. The maximum absolute atomic E-state index is 9.10. The van der Waals surface area contributed by atoms with Crippen LogP contribution in [0, 0.1) is 11.8 Å². The number of hydrogen-bond acceptors (Lipinski definition) is 2. The van der Waals surface area contributed by atoms with Crippen molar-refractivity contribution in [2.75, 3.05) is 13.1 Å². The maximum Gasteiger partial charge on any atom is 0.0515 e. The van der Waals surface area contributed by atoms with Crippen molar-refractivity contribution in [2.24, 2.45) is 11.8 Å². The Hall–Kier alpha value is -0.0800. The lowest BCUT2D eigenvalue weighted by molar-refractivity contribution is 0.163. The van der Waals surface area contributed by atoms with Crippen molar-refractivity contribution >= 4 is 0 Å². The zero-order valence-corrected chi connectivity index (χ0v) is 8.80. The van der Waals surface area contributed by atoms with Crippen LogP contribution in [0.4, 0.5) is 0 Å². The van der Waals surface area contributed by atoms with Crippen LogP contribution in [0.25, 0.3) is 0 Å². The minimum Gasteiger partial charge on any atom is -0.393 e. The van der Waals surface area contributed by atoms with Crippen LogP contribution in [0.2, 0.25) is 0 Å². The van der Waals surface area contributed by atoms with Gasteiger partial charge in [0.25, 0.3) is 0 Å². The third-order valence-electron chi connectivity index (χ3n) is 1.79. The van der Waals surface area contributed by atoms with Crippen LogP contribution >= 0.6 is 0 Å². The normalized spacial score (nSPS) is 16.5. The summed E-state index contributed by atoms with van der Waals surface area (Å²) < 4.78 is 0. The van der Waals surface area contributed by atoms with Crippen LogP contribution < -0.4 is 5.32 Å². The van der Waals surface area contributed by atoms with Crippen LogP contribution in [-0.2, 0) is 0 Å². The van der Waals surface area contributed by atoms with Gasteiger partial charge in [-0.05, 0) is 38.3 Å². The predicted octanol–water partition coefficient (Wildman–Crippen LogP) is 1.64. The first-order chi connectivity index (χ1) is 5.52. The molecular formula is C10H23NO. The van der Waals surface area contributed by atoms with Crippen molar-refractivity contribution < 1.29 is 5.11 Å². The van der Waals surface area contributed by atoms with E-state index in [9.17, 15) is 0 Å². The highest BCUT2D eigenvalue weighted by Gasteiger charge is 2.05. The topological polar surface area (TPSA) is 32.3 Å². The first kappa shape index (κ1) is 11.9. The zero-order valence-electron chi connectivity index (χ0n) is 8.80. The van der Waals surface area contributed by atoms with Gasteiger partial charge in [0.1, 0.15) is 0 Å². The van der Waals surface area contributed by atoms with Gasteiger partial charge in [0.2, 0.25) is 0 Å². The molecule has 0 aromatic heterocycles. The summed E-state index contributed by atoms with van der Waals surface area (Å²) in [7, 11) is 0. The molecule has 12 heavy (non-hydrogen) atoms. The monoisotopic (exact) mass is 173 g/mol. The second kappa shape index (κ2) is 6.44. The van der Waals surface area contributed by atoms with Crippen molar-refractivity contribution in [2.45, 2.75) is 40.2 Å². The molecular weight excluding hydrogens is 150 g/mol. The van der Waals surface area contributed by atoms with Gasteiger partial charge in [-0.2, -0.15) is 0 Å². The third-order valence-corrected chi connectivity index (χ3v) is 1.79. The number of nitrogens with one attached hydrogen (secondary N) is 1. The molecule has 2 nitrogen and oxygen atoms in total. The number of hydrogen-bond donors (Lipinski definition) is 2. The molecule has 0 amide bonds. The summed E-state index contributed by atoms with van der Waals surface area (Å²) in [6, 6.07) is 0. The fourth-order valence-electron chi connectivity index (χ4n) is 1.28. The Kier molecular flexibility index (Phi) is 6.39. The molecule has 2 atom stereocenters. The van der Waals surface area contributed by atoms with Gasteiger partial charge in [0, 0.05) is 0 Å². The molecule has 0 saturated heterocycles. The molecule has 0 heterocycles. The Bertz CT molecular complexity index is 102. The van der Waals surface area contributed by atoms with Gasteiger partial charge in [-0.1, -0.05) is 20.8 Å². The van der Waals surface area contributed by atoms with Crippen LogP contribution in [0.1, 0.15) is 34.1 Å². The highest BCUT2D eigenvalue weighted by molar-refractivity contribution is 4.61. The molecule has 0 aliphatic rings. The van der Waals surface area contributed by atoms with Crippen molar-refractivity contribution in [3.63, 3.8) is 0 Å². The minimum absolute atomic E-state index is 0.166. The number of rotatable bonds is 6. The van der Waals surface area contributed by atoms with E-state index >= 15 is 0 Å². The molecule has 0 aromatic carbocycles. The molecule has 0 saturated carbocycles. The van der Waals surface area contributed by atoms with Crippen LogP contribution in [0.15, 0.2) is 0 Å². The van der Waals surface area contributed by atoms with E-state index in [2.05, 4.69) is 26.1 Å². The lowest BCUT2D eigenvalue weighted by Crippen LogP contribution is -2.26. The van der Waals surface area contributed by atoms with Crippen LogP contribution in [0.5, 0.6) is 0 Å². The van der Waals surface area contributed by atoms with Crippen molar-refractivity contribution in [1.82, 2.24) is 5.32 Å². The Morgan fingerprint density at radius 1 is 1.08 bits per heavy atom. The SMILES string of the molecule is CC(C)CNCC(C)CC(C)O. The Morgan fingerprint density at radius 2 is 1.67 bits per heavy atom. The summed E-state index contributed by atoms with van der Waals surface area (Å²) in [5.41, 5.74) is 0. The van der Waals surface area contributed by atoms with Gasteiger partial charge >= 0.3 is 0 Å². The van der Waals surface area contributed by atoms with E-state index in [1.54, 1.807) is 0 Å². The van der Waals surface area contributed by atoms with E-state index in [0.29, 0.717) is 11.8 Å². The van der Waals surface area contributed by atoms with Crippen molar-refractivity contribution in [3.8, 4) is 0 Å². The van der Waals surface area contributed by atoms with Crippen molar-refractivity contribution in [1.29, 1.82) is 0 Å². The Balaban J connectivity index is 3.25. The fraction of sp³-hybridized carbons (Fsp3) is 1.00. The first-order valence-corrected chi connectivity index (χ1v) is 4.91. The molecule has 0 aromatic rings. The quantitative estimate of drug-likeness (QED) is 0.640. The Labute approximate surface area is 76.4 Å². The van der Waals surface area contributed by atoms with E-state index in [4.69, 9.17) is 5.11 Å². The first-order valence-electron chi connectivity index (χ1n) is 4.91. The van der Waals surface area contributed by atoms with Gasteiger partial charge in [0.05, 0.1) is 6.10 Å². The number of aliphatic hydroxyl groups is 1. The molecule has 0 aliphatic heterocycles. The van der Waals surface area contributed by atoms with E-state index in [1.165, 1.54) is 0 Å². The van der Waals surface area contributed by atoms with Crippen LogP contribution in [-0.4, -0.2) is 24.3 Å². The van der Waals surface area contributed by atoms with Gasteiger partial charge in [-0.25, -0.2) is 0 Å². The van der Waals surface area contributed by atoms with E-state index in [1.807, 2.05) is 6.92 Å². The summed E-state index contributed by atoms with van der Waals surface area (Å²) in [5, 5.41) is 12.5. The van der Waals surface area contributed by atoms with Gasteiger partial charge in [-0.3, -0.25) is 0 Å². The summed E-state index contributed by atoms with van der Waals surface area (Å²) in [6.07, 6.45) is 0.728. The maximum atomic E-state index is 9.10. The van der Waals surface area contributed by atoms with Gasteiger partial charge in [0.15, 0.2) is 0 Å². The van der Waals surface area contributed by atoms with Gasteiger partial charge < -0.3 is 10.4 Å². The van der Waals surface area contributed by atoms with Crippen molar-refractivity contribution in [3.05, 3.63) is 0 Å². The van der Waals surface area contributed by atoms with Crippen LogP contribution in [0.3, 0.4) is 0 Å². The smallest absolute Gasteiger partial charge is 0.0515 e. The highest BCUT2D eigenvalue weighted by Crippen LogP contribution is 2.03. The minimum atomic E-state index is -0.166. The van der Waals surface area contributed by atoms with E-state index < -0.39 is 0 Å². The Morgan fingerprint density at radius 3 is 2.08 bits per heavy atom. The van der Waals surface area contributed by atoms with E-state index in [-0.39, 0.29) is 6.10 Å². The molecule has 2 unspecified atom stereocenters. The second-order valence-electron chi connectivity index (χ2n) is 4.24. The average Bonchev–Trinajstić information content (AvgIpc) is 1.84.